The van der Waals surface area contributed by atoms with E-state index in [9.17, 15) is 4.79 Å². The molecule has 4 nitrogen and oxygen atoms in total. The lowest BCUT2D eigenvalue weighted by Gasteiger charge is -2.40. The summed E-state index contributed by atoms with van der Waals surface area (Å²) in [4.78, 5) is 16.6. The molecule has 2 rings (SSSR count). The Balaban J connectivity index is 1.75. The molecule has 1 atom stereocenters. The van der Waals surface area contributed by atoms with Crippen molar-refractivity contribution in [3.05, 3.63) is 48.2 Å². The first-order valence-corrected chi connectivity index (χ1v) is 8.50. The molecule has 1 fully saturated rings. The number of aryl methyl sites for hydroxylation is 1. The second kappa shape index (κ2) is 8.73. The smallest absolute Gasteiger partial charge is 0.288 e. The zero-order chi connectivity index (χ0) is 16.7. The van der Waals surface area contributed by atoms with Gasteiger partial charge < -0.3 is 9.64 Å². The summed E-state index contributed by atoms with van der Waals surface area (Å²) in [6.45, 7) is 11.8. The third-order valence-corrected chi connectivity index (χ3v) is 4.31. The molecule has 1 heterocycles. The fourth-order valence-corrected chi connectivity index (χ4v) is 3.09. The van der Waals surface area contributed by atoms with Crippen LogP contribution in [0.5, 0.6) is 0 Å². The molecule has 0 bridgehead atoms. The maximum Gasteiger partial charge on any atom is 0.288 e. The SMILES string of the molecule is C=C(OCC)C(=O)N1CCN(CCCc2ccccc2)CC1C. The summed E-state index contributed by atoms with van der Waals surface area (Å²) in [5, 5.41) is 0. The summed E-state index contributed by atoms with van der Waals surface area (Å²) in [7, 11) is 0. The number of benzene rings is 1. The van der Waals surface area contributed by atoms with Gasteiger partial charge in [-0.05, 0) is 38.8 Å². The van der Waals surface area contributed by atoms with Crippen molar-refractivity contribution < 1.29 is 9.53 Å². The molecule has 1 aliphatic heterocycles. The molecular formula is C19H28N2O2. The molecular weight excluding hydrogens is 288 g/mol. The summed E-state index contributed by atoms with van der Waals surface area (Å²) < 4.78 is 5.25. The van der Waals surface area contributed by atoms with Crippen molar-refractivity contribution in [3.8, 4) is 0 Å². The van der Waals surface area contributed by atoms with Crippen molar-refractivity contribution in [2.24, 2.45) is 0 Å². The number of piperazine rings is 1. The Labute approximate surface area is 139 Å². The van der Waals surface area contributed by atoms with E-state index in [4.69, 9.17) is 4.74 Å². The molecule has 1 amide bonds. The van der Waals surface area contributed by atoms with Crippen molar-refractivity contribution in [3.63, 3.8) is 0 Å². The minimum atomic E-state index is -0.0664. The molecule has 0 radical (unpaired) electrons. The molecule has 0 spiro atoms. The first-order valence-electron chi connectivity index (χ1n) is 8.50. The Bertz CT molecular complexity index is 515. The fourth-order valence-electron chi connectivity index (χ4n) is 3.09. The Morgan fingerprint density at radius 1 is 1.30 bits per heavy atom. The molecule has 1 aromatic carbocycles. The van der Waals surface area contributed by atoms with E-state index in [0.29, 0.717) is 6.61 Å². The molecule has 1 unspecified atom stereocenters. The van der Waals surface area contributed by atoms with Gasteiger partial charge in [0, 0.05) is 25.7 Å². The second-order valence-corrected chi connectivity index (χ2v) is 6.09. The Kier molecular flexibility index (Phi) is 6.66. The quantitative estimate of drug-likeness (QED) is 0.573. The van der Waals surface area contributed by atoms with Crippen LogP contribution in [0, 0.1) is 0 Å². The highest BCUT2D eigenvalue weighted by molar-refractivity contribution is 5.91. The standard InChI is InChI=1S/C19H28N2O2/c1-4-23-17(3)19(22)21-14-13-20(15-16(21)2)12-8-11-18-9-6-5-7-10-18/h5-7,9-10,16H,3-4,8,11-15H2,1-2H3. The van der Waals surface area contributed by atoms with Gasteiger partial charge >= 0.3 is 0 Å². The van der Waals surface area contributed by atoms with Gasteiger partial charge in [-0.2, -0.15) is 0 Å². The highest BCUT2D eigenvalue weighted by atomic mass is 16.5. The van der Waals surface area contributed by atoms with Crippen LogP contribution in [-0.4, -0.2) is 54.5 Å². The maximum atomic E-state index is 12.3. The highest BCUT2D eigenvalue weighted by Gasteiger charge is 2.28. The summed E-state index contributed by atoms with van der Waals surface area (Å²) >= 11 is 0. The lowest BCUT2D eigenvalue weighted by molar-refractivity contribution is -0.135. The number of carbonyl (C=O) groups excluding carboxylic acids is 1. The van der Waals surface area contributed by atoms with Crippen molar-refractivity contribution >= 4 is 5.91 Å². The van der Waals surface area contributed by atoms with Crippen LogP contribution in [0.2, 0.25) is 0 Å². The van der Waals surface area contributed by atoms with Crippen molar-refractivity contribution in [2.75, 3.05) is 32.8 Å². The van der Waals surface area contributed by atoms with Gasteiger partial charge in [0.25, 0.3) is 5.91 Å². The van der Waals surface area contributed by atoms with Crippen LogP contribution in [0.25, 0.3) is 0 Å². The lowest BCUT2D eigenvalue weighted by atomic mass is 10.1. The minimum Gasteiger partial charge on any atom is -0.489 e. The van der Waals surface area contributed by atoms with Gasteiger partial charge in [-0.1, -0.05) is 36.9 Å². The number of ether oxygens (including phenoxy) is 1. The van der Waals surface area contributed by atoms with E-state index in [-0.39, 0.29) is 17.7 Å². The van der Waals surface area contributed by atoms with Crippen molar-refractivity contribution in [2.45, 2.75) is 32.7 Å². The molecule has 23 heavy (non-hydrogen) atoms. The number of hydrogen-bond acceptors (Lipinski definition) is 3. The van der Waals surface area contributed by atoms with Gasteiger partial charge in [-0.3, -0.25) is 9.69 Å². The second-order valence-electron chi connectivity index (χ2n) is 6.09. The third-order valence-electron chi connectivity index (χ3n) is 4.31. The fraction of sp³-hybridized carbons (Fsp3) is 0.526. The van der Waals surface area contributed by atoms with Crippen LogP contribution in [0.3, 0.4) is 0 Å². The van der Waals surface area contributed by atoms with E-state index in [1.165, 1.54) is 5.56 Å². The number of nitrogens with zero attached hydrogens (tertiary/aromatic N) is 2. The Hall–Kier alpha value is -1.81. The molecule has 0 saturated carbocycles. The van der Waals surface area contributed by atoms with E-state index < -0.39 is 0 Å². The molecule has 1 saturated heterocycles. The summed E-state index contributed by atoms with van der Waals surface area (Å²) in [5.41, 5.74) is 1.39. The monoisotopic (exact) mass is 316 g/mol. The summed E-state index contributed by atoms with van der Waals surface area (Å²) in [6, 6.07) is 10.8. The zero-order valence-corrected chi connectivity index (χ0v) is 14.3. The van der Waals surface area contributed by atoms with Crippen LogP contribution < -0.4 is 0 Å². The average molecular weight is 316 g/mol. The van der Waals surface area contributed by atoms with E-state index >= 15 is 0 Å². The van der Waals surface area contributed by atoms with E-state index in [0.717, 1.165) is 39.0 Å². The molecule has 4 heteroatoms. The minimum absolute atomic E-state index is 0.0664. The average Bonchev–Trinajstić information content (AvgIpc) is 2.55. The molecule has 0 aliphatic carbocycles. The number of rotatable bonds is 7. The number of carbonyl (C=O) groups is 1. The van der Waals surface area contributed by atoms with Gasteiger partial charge in [0.2, 0.25) is 0 Å². The predicted octanol–water partition coefficient (Wildman–Crippen LogP) is 2.70. The summed E-state index contributed by atoms with van der Waals surface area (Å²) in [5.74, 6) is 0.195. The van der Waals surface area contributed by atoms with Gasteiger partial charge in [0.15, 0.2) is 5.76 Å². The first-order chi connectivity index (χ1) is 11.1. The van der Waals surface area contributed by atoms with Gasteiger partial charge in [0.1, 0.15) is 0 Å². The van der Waals surface area contributed by atoms with Crippen LogP contribution >= 0.6 is 0 Å². The van der Waals surface area contributed by atoms with Gasteiger partial charge in [0.05, 0.1) is 6.61 Å². The van der Waals surface area contributed by atoms with Crippen molar-refractivity contribution in [1.29, 1.82) is 0 Å². The predicted molar refractivity (Wildman–Crippen MR) is 93.1 cm³/mol. The molecule has 0 aromatic heterocycles. The van der Waals surface area contributed by atoms with Crippen LogP contribution in [-0.2, 0) is 16.0 Å². The molecule has 0 N–H and O–H groups in total. The Morgan fingerprint density at radius 3 is 2.70 bits per heavy atom. The third kappa shape index (κ3) is 5.10. The van der Waals surface area contributed by atoms with Crippen LogP contribution in [0.15, 0.2) is 42.7 Å². The van der Waals surface area contributed by atoms with E-state index in [2.05, 4.69) is 48.7 Å². The van der Waals surface area contributed by atoms with Gasteiger partial charge in [-0.15, -0.1) is 0 Å². The Morgan fingerprint density at radius 2 is 2.04 bits per heavy atom. The van der Waals surface area contributed by atoms with E-state index in [1.807, 2.05) is 11.8 Å². The van der Waals surface area contributed by atoms with Crippen LogP contribution in [0.4, 0.5) is 0 Å². The normalized spacial score (nSPS) is 18.7. The van der Waals surface area contributed by atoms with Crippen LogP contribution in [0.1, 0.15) is 25.8 Å². The summed E-state index contributed by atoms with van der Waals surface area (Å²) in [6.07, 6.45) is 2.26. The van der Waals surface area contributed by atoms with Gasteiger partial charge in [-0.25, -0.2) is 0 Å². The largest absolute Gasteiger partial charge is 0.489 e. The van der Waals surface area contributed by atoms with E-state index in [1.54, 1.807) is 0 Å². The highest BCUT2D eigenvalue weighted by Crippen LogP contribution is 2.14. The molecule has 126 valence electrons. The first kappa shape index (κ1) is 17.5. The van der Waals surface area contributed by atoms with Crippen molar-refractivity contribution in [1.82, 2.24) is 9.80 Å². The number of hydrogen-bond donors (Lipinski definition) is 0. The topological polar surface area (TPSA) is 32.8 Å². The molecule has 1 aliphatic rings. The maximum absolute atomic E-state index is 12.3. The lowest BCUT2D eigenvalue weighted by Crippen LogP contribution is -2.54. The zero-order valence-electron chi connectivity index (χ0n) is 14.3. The number of amides is 1. The molecule has 1 aromatic rings.